The summed E-state index contributed by atoms with van der Waals surface area (Å²) in [6, 6.07) is 7.55. The Hall–Kier alpha value is -2.87. The van der Waals surface area contributed by atoms with Crippen molar-refractivity contribution in [3.8, 4) is 0 Å². The number of aliphatic hydroxyl groups is 1. The second-order valence-electron chi connectivity index (χ2n) is 8.49. The first-order valence-corrected chi connectivity index (χ1v) is 10.5. The largest absolute Gasteiger partial charge is 0.459 e. The fraction of sp³-hybridized carbons (Fsp3) is 0.500. The zero-order valence-electron chi connectivity index (χ0n) is 16.6. The van der Waals surface area contributed by atoms with Gasteiger partial charge in [-0.1, -0.05) is 6.07 Å². The number of aromatic nitrogens is 1. The highest BCUT2D eigenvalue weighted by molar-refractivity contribution is 5.91. The first-order valence-electron chi connectivity index (χ1n) is 10.5. The number of hydrogen-bond donors (Lipinski definition) is 1. The van der Waals surface area contributed by atoms with Gasteiger partial charge in [-0.3, -0.25) is 19.0 Å². The summed E-state index contributed by atoms with van der Waals surface area (Å²) in [4.78, 5) is 42.9. The second kappa shape index (κ2) is 7.43. The predicted molar refractivity (Wildman–Crippen MR) is 107 cm³/mol. The number of nitrogens with zero attached hydrogens (tertiary/aromatic N) is 3. The number of pyridine rings is 1. The van der Waals surface area contributed by atoms with Crippen LogP contribution in [0.15, 0.2) is 45.8 Å². The number of rotatable bonds is 3. The Balaban J connectivity index is 1.53. The van der Waals surface area contributed by atoms with Crippen LogP contribution < -0.4 is 5.56 Å². The minimum absolute atomic E-state index is 0.00664. The molecule has 2 aromatic rings. The van der Waals surface area contributed by atoms with Gasteiger partial charge in [0.25, 0.3) is 11.5 Å². The summed E-state index contributed by atoms with van der Waals surface area (Å²) in [5.41, 5.74) is 0.611. The molecule has 5 rings (SSSR count). The van der Waals surface area contributed by atoms with Gasteiger partial charge in [0, 0.05) is 43.2 Å². The van der Waals surface area contributed by atoms with E-state index in [0.29, 0.717) is 19.6 Å². The van der Waals surface area contributed by atoms with Crippen LogP contribution in [0.5, 0.6) is 0 Å². The van der Waals surface area contributed by atoms with Gasteiger partial charge in [-0.05, 0) is 37.5 Å². The van der Waals surface area contributed by atoms with E-state index < -0.39 is 6.04 Å². The van der Waals surface area contributed by atoms with E-state index in [1.165, 1.54) is 12.3 Å². The predicted octanol–water partition coefficient (Wildman–Crippen LogP) is 1.23. The Morgan fingerprint density at radius 2 is 2.03 bits per heavy atom. The summed E-state index contributed by atoms with van der Waals surface area (Å²) in [7, 11) is 0. The molecule has 0 saturated carbocycles. The van der Waals surface area contributed by atoms with Crippen LogP contribution in [0.4, 0.5) is 0 Å². The maximum atomic E-state index is 13.6. The molecule has 3 aliphatic heterocycles. The van der Waals surface area contributed by atoms with Crippen molar-refractivity contribution in [2.75, 3.05) is 26.2 Å². The van der Waals surface area contributed by atoms with Crippen LogP contribution in [0.2, 0.25) is 0 Å². The second-order valence-corrected chi connectivity index (χ2v) is 8.49. The molecular formula is C22H25N3O5. The molecule has 2 fully saturated rings. The summed E-state index contributed by atoms with van der Waals surface area (Å²) in [5.74, 6) is -0.211. The molecule has 2 aromatic heterocycles. The Morgan fingerprint density at radius 3 is 2.80 bits per heavy atom. The third kappa shape index (κ3) is 2.98. The molecule has 0 aromatic carbocycles. The molecule has 1 N–H and O–H groups in total. The standard InChI is InChI=1S/C22H25N3O5/c26-13-16-4-2-8-24(16)22(29)20-15-10-14(17-5-1-7-19(27)25(17)20)11-23(12-15)21(28)18-6-3-9-30-18/h1,3,5-7,9,14-16,20,26H,2,4,8,10-13H2/t14-,15+,16-,20+/m0/s1. The fourth-order valence-corrected chi connectivity index (χ4v) is 5.46. The smallest absolute Gasteiger partial charge is 0.289 e. The van der Waals surface area contributed by atoms with E-state index >= 15 is 0 Å². The number of likely N-dealkylation sites (tertiary alicyclic amines) is 2. The summed E-state index contributed by atoms with van der Waals surface area (Å²) in [6.45, 7) is 1.39. The normalized spacial score (nSPS) is 27.8. The molecule has 4 atom stereocenters. The quantitative estimate of drug-likeness (QED) is 0.820. The Labute approximate surface area is 173 Å². The van der Waals surface area contributed by atoms with Gasteiger partial charge in [-0.25, -0.2) is 0 Å². The highest BCUT2D eigenvalue weighted by Crippen LogP contribution is 2.42. The van der Waals surface area contributed by atoms with E-state index in [2.05, 4.69) is 0 Å². The SMILES string of the molecule is O=C(c1ccco1)N1C[C@@H]2C[C@H](C1)[C@H](C(=O)N1CCC[C@H]1CO)n1c2cccc1=O. The lowest BCUT2D eigenvalue weighted by molar-refractivity contribution is -0.139. The van der Waals surface area contributed by atoms with Gasteiger partial charge in [-0.15, -0.1) is 0 Å². The number of aliphatic hydroxyl groups excluding tert-OH is 1. The van der Waals surface area contributed by atoms with E-state index in [4.69, 9.17) is 4.42 Å². The Bertz CT molecular complexity index is 1010. The first-order chi connectivity index (χ1) is 14.6. The average Bonchev–Trinajstić information content (AvgIpc) is 3.45. The Kier molecular flexibility index (Phi) is 4.73. The van der Waals surface area contributed by atoms with E-state index in [1.807, 2.05) is 6.07 Å². The number of piperidine rings is 1. The monoisotopic (exact) mass is 411 g/mol. The molecule has 0 spiro atoms. The van der Waals surface area contributed by atoms with Gasteiger partial charge in [0.2, 0.25) is 5.91 Å². The average molecular weight is 411 g/mol. The third-order valence-corrected chi connectivity index (χ3v) is 6.79. The van der Waals surface area contributed by atoms with Crippen LogP contribution in [0.3, 0.4) is 0 Å². The van der Waals surface area contributed by atoms with Crippen molar-refractivity contribution in [2.45, 2.75) is 37.3 Å². The zero-order valence-corrected chi connectivity index (χ0v) is 16.6. The van der Waals surface area contributed by atoms with Crippen LogP contribution in [0.25, 0.3) is 0 Å². The molecule has 0 aliphatic carbocycles. The molecule has 2 bridgehead atoms. The maximum absolute atomic E-state index is 13.6. The summed E-state index contributed by atoms with van der Waals surface area (Å²) in [6.07, 6.45) is 3.83. The fourth-order valence-electron chi connectivity index (χ4n) is 5.46. The molecule has 0 radical (unpaired) electrons. The molecule has 8 heteroatoms. The van der Waals surface area contributed by atoms with Crippen LogP contribution in [0.1, 0.15) is 47.5 Å². The lowest BCUT2D eigenvalue weighted by Gasteiger charge is -2.47. The number of amides is 2. The van der Waals surface area contributed by atoms with Gasteiger partial charge >= 0.3 is 0 Å². The van der Waals surface area contributed by atoms with E-state index in [0.717, 1.165) is 25.0 Å². The van der Waals surface area contributed by atoms with Gasteiger partial charge in [0.05, 0.1) is 18.9 Å². The molecule has 2 amide bonds. The van der Waals surface area contributed by atoms with Crippen molar-refractivity contribution in [2.24, 2.45) is 5.92 Å². The molecular weight excluding hydrogens is 386 g/mol. The number of carbonyl (C=O) groups excluding carboxylic acids is 2. The van der Waals surface area contributed by atoms with Crippen molar-refractivity contribution in [1.82, 2.24) is 14.4 Å². The Morgan fingerprint density at radius 1 is 1.17 bits per heavy atom. The third-order valence-electron chi connectivity index (χ3n) is 6.79. The van der Waals surface area contributed by atoms with Crippen LogP contribution in [0, 0.1) is 5.92 Å². The molecule has 158 valence electrons. The lowest BCUT2D eigenvalue weighted by atomic mass is 9.77. The zero-order chi connectivity index (χ0) is 20.8. The molecule has 5 heterocycles. The van der Waals surface area contributed by atoms with Crippen LogP contribution >= 0.6 is 0 Å². The summed E-state index contributed by atoms with van der Waals surface area (Å²) in [5, 5.41) is 9.70. The molecule has 8 nitrogen and oxygen atoms in total. The number of furan rings is 1. The molecule has 3 aliphatic rings. The van der Waals surface area contributed by atoms with Crippen molar-refractivity contribution in [3.05, 3.63) is 58.4 Å². The van der Waals surface area contributed by atoms with Crippen molar-refractivity contribution >= 4 is 11.8 Å². The van der Waals surface area contributed by atoms with Crippen molar-refractivity contribution < 1.29 is 19.1 Å². The number of fused-ring (bicyclic) bond motifs is 4. The lowest BCUT2D eigenvalue weighted by Crippen LogP contribution is -2.55. The summed E-state index contributed by atoms with van der Waals surface area (Å²) >= 11 is 0. The first kappa shape index (κ1) is 19.1. The highest BCUT2D eigenvalue weighted by Gasteiger charge is 2.47. The van der Waals surface area contributed by atoms with Gasteiger partial charge in [-0.2, -0.15) is 0 Å². The van der Waals surface area contributed by atoms with Crippen LogP contribution in [-0.4, -0.2) is 63.6 Å². The van der Waals surface area contributed by atoms with Gasteiger partial charge in [0.15, 0.2) is 5.76 Å². The minimum atomic E-state index is -0.663. The molecule has 2 saturated heterocycles. The van der Waals surface area contributed by atoms with Crippen LogP contribution in [-0.2, 0) is 4.79 Å². The topological polar surface area (TPSA) is 96.0 Å². The number of hydrogen-bond acceptors (Lipinski definition) is 5. The van der Waals surface area contributed by atoms with Gasteiger partial charge < -0.3 is 19.3 Å². The van der Waals surface area contributed by atoms with E-state index in [-0.39, 0.29) is 47.6 Å². The molecule has 0 unspecified atom stereocenters. The minimum Gasteiger partial charge on any atom is -0.459 e. The van der Waals surface area contributed by atoms with E-state index in [1.54, 1.807) is 32.6 Å². The van der Waals surface area contributed by atoms with Crippen molar-refractivity contribution in [3.63, 3.8) is 0 Å². The summed E-state index contributed by atoms with van der Waals surface area (Å²) < 4.78 is 6.94. The van der Waals surface area contributed by atoms with Gasteiger partial charge in [0.1, 0.15) is 6.04 Å². The van der Waals surface area contributed by atoms with E-state index in [9.17, 15) is 19.5 Å². The number of carbonyl (C=O) groups is 2. The maximum Gasteiger partial charge on any atom is 0.289 e. The van der Waals surface area contributed by atoms with Crippen molar-refractivity contribution in [1.29, 1.82) is 0 Å². The highest BCUT2D eigenvalue weighted by atomic mass is 16.3. The molecule has 30 heavy (non-hydrogen) atoms.